The van der Waals surface area contributed by atoms with Crippen molar-refractivity contribution < 1.29 is 19.1 Å². The average molecular weight is 476 g/mol. The summed E-state index contributed by atoms with van der Waals surface area (Å²) in [5.41, 5.74) is 3.55. The van der Waals surface area contributed by atoms with Gasteiger partial charge in [0, 0.05) is 11.3 Å². The molecule has 172 valence electrons. The fourth-order valence-corrected chi connectivity index (χ4v) is 3.96. The molecule has 0 aliphatic carbocycles. The van der Waals surface area contributed by atoms with Crippen LogP contribution in [0.1, 0.15) is 21.5 Å². The van der Waals surface area contributed by atoms with E-state index in [9.17, 15) is 14.4 Å². The molecule has 0 atom stereocenters. The van der Waals surface area contributed by atoms with Crippen molar-refractivity contribution in [2.45, 2.75) is 13.8 Å². The van der Waals surface area contributed by atoms with E-state index in [1.165, 1.54) is 7.11 Å². The Balaban J connectivity index is 1.56. The molecule has 1 aliphatic rings. The second-order valence-corrected chi connectivity index (χ2v) is 8.22. The van der Waals surface area contributed by atoms with Crippen molar-refractivity contribution in [2.24, 2.45) is 0 Å². The summed E-state index contributed by atoms with van der Waals surface area (Å²) in [4.78, 5) is 39.7. The molecule has 0 bridgehead atoms. The number of methoxy groups -OCH3 is 1. The maximum Gasteiger partial charge on any atom is 0.283 e. The third-order valence-electron chi connectivity index (χ3n) is 5.24. The van der Waals surface area contributed by atoms with Gasteiger partial charge in [-0.15, -0.1) is 0 Å². The van der Waals surface area contributed by atoms with Gasteiger partial charge >= 0.3 is 0 Å². The number of imide groups is 1. The van der Waals surface area contributed by atoms with E-state index in [-0.39, 0.29) is 16.6 Å². The van der Waals surface area contributed by atoms with Crippen LogP contribution in [0.25, 0.3) is 0 Å². The average Bonchev–Trinajstić information content (AvgIpc) is 3.02. The van der Waals surface area contributed by atoms with Crippen LogP contribution in [0.5, 0.6) is 5.75 Å². The number of hydrogen-bond donors (Lipinski definition) is 2. The molecule has 0 spiro atoms. The number of anilines is 3. The zero-order chi connectivity index (χ0) is 24.4. The van der Waals surface area contributed by atoms with Crippen LogP contribution in [0.15, 0.2) is 77.5 Å². The lowest BCUT2D eigenvalue weighted by molar-refractivity contribution is -0.120. The van der Waals surface area contributed by atoms with Gasteiger partial charge in [0.1, 0.15) is 16.5 Å². The Morgan fingerprint density at radius 2 is 1.62 bits per heavy atom. The van der Waals surface area contributed by atoms with E-state index in [0.717, 1.165) is 16.0 Å². The van der Waals surface area contributed by atoms with Crippen molar-refractivity contribution in [3.63, 3.8) is 0 Å². The van der Waals surface area contributed by atoms with Gasteiger partial charge < -0.3 is 15.4 Å². The summed E-state index contributed by atoms with van der Waals surface area (Å²) in [6.07, 6.45) is 0. The summed E-state index contributed by atoms with van der Waals surface area (Å²) >= 11 is 6.25. The lowest BCUT2D eigenvalue weighted by Crippen LogP contribution is -2.32. The number of carbonyl (C=O) groups is 3. The number of halogens is 1. The largest absolute Gasteiger partial charge is 0.495 e. The molecular formula is C26H22ClN3O4. The van der Waals surface area contributed by atoms with Crippen LogP contribution in [0.2, 0.25) is 0 Å². The molecule has 0 aromatic heterocycles. The predicted octanol–water partition coefficient (Wildman–Crippen LogP) is 5.00. The van der Waals surface area contributed by atoms with Gasteiger partial charge in [0.2, 0.25) is 0 Å². The van der Waals surface area contributed by atoms with Crippen LogP contribution in [-0.4, -0.2) is 24.8 Å². The summed E-state index contributed by atoms with van der Waals surface area (Å²) in [6, 6.07) is 19.0. The molecule has 0 radical (unpaired) electrons. The van der Waals surface area contributed by atoms with Crippen LogP contribution in [0.3, 0.4) is 0 Å². The standard InChI is InChI=1S/C26H22ClN3O4/c1-15-11-16(2)13-19(12-15)30-25(32)22(27)23(26(30)33)28-18-8-6-7-17(14-18)24(31)29-20-9-4-5-10-21(20)34-3/h4-14,28H,1-3H3,(H,29,31). The fraction of sp³-hybridized carbons (Fsp3) is 0.115. The zero-order valence-electron chi connectivity index (χ0n) is 18.8. The SMILES string of the molecule is COc1ccccc1NC(=O)c1cccc(NC2=C(Cl)C(=O)N(c3cc(C)cc(C)c3)C2=O)c1. The maximum atomic E-state index is 13.1. The van der Waals surface area contributed by atoms with Gasteiger partial charge in [-0.25, -0.2) is 4.90 Å². The highest BCUT2D eigenvalue weighted by atomic mass is 35.5. The number of rotatable bonds is 6. The van der Waals surface area contributed by atoms with Gasteiger partial charge in [0.15, 0.2) is 0 Å². The number of nitrogens with one attached hydrogen (secondary N) is 2. The Morgan fingerprint density at radius 1 is 0.912 bits per heavy atom. The van der Waals surface area contributed by atoms with Crippen molar-refractivity contribution in [3.05, 3.63) is 94.1 Å². The highest BCUT2D eigenvalue weighted by molar-refractivity contribution is 6.53. The van der Waals surface area contributed by atoms with Gasteiger partial charge in [0.05, 0.1) is 18.5 Å². The molecule has 4 rings (SSSR count). The molecule has 7 nitrogen and oxygen atoms in total. The van der Waals surface area contributed by atoms with E-state index in [1.807, 2.05) is 19.9 Å². The number of para-hydroxylation sites is 2. The maximum absolute atomic E-state index is 13.1. The van der Waals surface area contributed by atoms with Crippen LogP contribution < -0.4 is 20.3 Å². The van der Waals surface area contributed by atoms with E-state index < -0.39 is 11.8 Å². The molecular weight excluding hydrogens is 454 g/mol. The quantitative estimate of drug-likeness (QED) is 0.490. The Bertz CT molecular complexity index is 1330. The first-order chi connectivity index (χ1) is 16.3. The number of ether oxygens (including phenoxy) is 1. The molecule has 0 saturated heterocycles. The van der Waals surface area contributed by atoms with Crippen molar-refractivity contribution in [1.82, 2.24) is 0 Å². The molecule has 0 saturated carbocycles. The van der Waals surface area contributed by atoms with Crippen LogP contribution in [0, 0.1) is 13.8 Å². The molecule has 3 aromatic rings. The Kier molecular flexibility index (Phi) is 6.38. The number of amides is 3. The second kappa shape index (κ2) is 9.41. The number of benzene rings is 3. The van der Waals surface area contributed by atoms with E-state index in [1.54, 1.807) is 60.7 Å². The Labute approximate surface area is 202 Å². The molecule has 2 N–H and O–H groups in total. The summed E-state index contributed by atoms with van der Waals surface area (Å²) in [5.74, 6) is -1.00. The smallest absolute Gasteiger partial charge is 0.283 e. The fourth-order valence-electron chi connectivity index (χ4n) is 3.75. The summed E-state index contributed by atoms with van der Waals surface area (Å²) < 4.78 is 5.27. The minimum atomic E-state index is -0.607. The molecule has 0 unspecified atom stereocenters. The lowest BCUT2D eigenvalue weighted by Gasteiger charge is -2.16. The van der Waals surface area contributed by atoms with E-state index in [4.69, 9.17) is 16.3 Å². The zero-order valence-corrected chi connectivity index (χ0v) is 19.6. The van der Waals surface area contributed by atoms with Gasteiger partial charge in [-0.1, -0.05) is 35.9 Å². The first-order valence-corrected chi connectivity index (χ1v) is 10.8. The molecule has 1 aliphatic heterocycles. The molecule has 34 heavy (non-hydrogen) atoms. The Hall–Kier alpha value is -4.10. The summed E-state index contributed by atoms with van der Waals surface area (Å²) in [7, 11) is 1.52. The molecule has 3 aromatic carbocycles. The summed E-state index contributed by atoms with van der Waals surface area (Å²) in [5, 5.41) is 5.50. The van der Waals surface area contributed by atoms with Gasteiger partial charge in [-0.3, -0.25) is 14.4 Å². The number of carbonyl (C=O) groups excluding carboxylic acids is 3. The van der Waals surface area contributed by atoms with Gasteiger partial charge in [-0.2, -0.15) is 0 Å². The number of hydrogen-bond acceptors (Lipinski definition) is 5. The van der Waals surface area contributed by atoms with E-state index in [0.29, 0.717) is 28.4 Å². The third kappa shape index (κ3) is 4.51. The molecule has 8 heteroatoms. The molecule has 0 fully saturated rings. The van der Waals surface area contributed by atoms with Crippen LogP contribution >= 0.6 is 11.6 Å². The van der Waals surface area contributed by atoms with Gasteiger partial charge in [0.25, 0.3) is 17.7 Å². The minimum absolute atomic E-state index is 0.0480. The van der Waals surface area contributed by atoms with Crippen molar-refractivity contribution in [2.75, 3.05) is 22.6 Å². The third-order valence-corrected chi connectivity index (χ3v) is 5.59. The number of aryl methyl sites for hydroxylation is 2. The lowest BCUT2D eigenvalue weighted by atomic mass is 10.1. The highest BCUT2D eigenvalue weighted by Crippen LogP contribution is 2.31. The van der Waals surface area contributed by atoms with Crippen LogP contribution in [-0.2, 0) is 9.59 Å². The normalized spacial score (nSPS) is 13.4. The number of nitrogens with zero attached hydrogens (tertiary/aromatic N) is 1. The minimum Gasteiger partial charge on any atom is -0.495 e. The van der Waals surface area contributed by atoms with Crippen LogP contribution in [0.4, 0.5) is 17.1 Å². The first kappa shape index (κ1) is 23.1. The second-order valence-electron chi connectivity index (χ2n) is 7.84. The van der Waals surface area contributed by atoms with Crippen molar-refractivity contribution in [1.29, 1.82) is 0 Å². The summed E-state index contributed by atoms with van der Waals surface area (Å²) in [6.45, 7) is 3.77. The van der Waals surface area contributed by atoms with E-state index >= 15 is 0 Å². The Morgan fingerprint density at radius 3 is 2.32 bits per heavy atom. The molecule has 1 heterocycles. The first-order valence-electron chi connectivity index (χ1n) is 10.5. The van der Waals surface area contributed by atoms with Crippen molar-refractivity contribution in [3.8, 4) is 5.75 Å². The van der Waals surface area contributed by atoms with Crippen molar-refractivity contribution >= 4 is 46.4 Å². The van der Waals surface area contributed by atoms with E-state index in [2.05, 4.69) is 10.6 Å². The predicted molar refractivity (Wildman–Crippen MR) is 132 cm³/mol. The highest BCUT2D eigenvalue weighted by Gasteiger charge is 2.39. The van der Waals surface area contributed by atoms with Gasteiger partial charge in [-0.05, 0) is 67.4 Å². The monoisotopic (exact) mass is 475 g/mol. The molecule has 3 amide bonds. The topological polar surface area (TPSA) is 87.7 Å².